The van der Waals surface area contributed by atoms with E-state index in [-0.39, 0.29) is 22.1 Å². The highest BCUT2D eigenvalue weighted by molar-refractivity contribution is 6.33. The van der Waals surface area contributed by atoms with Crippen LogP contribution in [-0.4, -0.2) is 11.0 Å². The van der Waals surface area contributed by atoms with E-state index < -0.39 is 22.7 Å². The van der Waals surface area contributed by atoms with Gasteiger partial charge < -0.3 is 4.74 Å². The monoisotopic (exact) mass is 328 g/mol. The molecular formula is C13H7ClF2N2O4. The molecule has 0 aliphatic heterocycles. The molecule has 0 saturated heterocycles. The van der Waals surface area contributed by atoms with Crippen molar-refractivity contribution in [2.75, 3.05) is 5.32 Å². The molecule has 0 saturated carbocycles. The molecule has 0 radical (unpaired) electrons. The number of nitro groups is 1. The number of halogens is 3. The van der Waals surface area contributed by atoms with Crippen LogP contribution in [0.3, 0.4) is 0 Å². The third kappa shape index (κ3) is 3.67. The van der Waals surface area contributed by atoms with E-state index >= 15 is 0 Å². The van der Waals surface area contributed by atoms with Gasteiger partial charge in [0.1, 0.15) is 5.75 Å². The van der Waals surface area contributed by atoms with Crippen LogP contribution in [0.5, 0.6) is 5.75 Å². The molecule has 0 atom stereocenters. The number of nitrogens with one attached hydrogen (secondary N) is 1. The molecular weight excluding hydrogens is 322 g/mol. The standard InChI is InChI=1S/C13H7ClF2N2O4/c14-9-5-10(15)11(16)6-12(9)17-13(19)22-8-3-1-2-7(4-8)18(20)21/h1-6H,(H,17,19). The average Bonchev–Trinajstić information content (AvgIpc) is 2.45. The molecule has 0 bridgehead atoms. The molecule has 0 heterocycles. The number of hydrogen-bond acceptors (Lipinski definition) is 4. The van der Waals surface area contributed by atoms with E-state index in [0.717, 1.165) is 6.07 Å². The summed E-state index contributed by atoms with van der Waals surface area (Å²) in [6, 6.07) is 6.28. The van der Waals surface area contributed by atoms with E-state index in [2.05, 4.69) is 5.32 Å². The Balaban J connectivity index is 2.12. The van der Waals surface area contributed by atoms with Crippen molar-refractivity contribution >= 4 is 29.1 Å². The first-order valence-corrected chi connectivity index (χ1v) is 6.12. The van der Waals surface area contributed by atoms with Gasteiger partial charge in [-0.05, 0) is 12.1 Å². The topological polar surface area (TPSA) is 81.5 Å². The summed E-state index contributed by atoms with van der Waals surface area (Å²) in [5.41, 5.74) is -0.466. The summed E-state index contributed by atoms with van der Waals surface area (Å²) in [6.45, 7) is 0. The molecule has 2 aromatic carbocycles. The highest BCUT2D eigenvalue weighted by atomic mass is 35.5. The molecule has 9 heteroatoms. The molecule has 0 spiro atoms. The zero-order valence-electron chi connectivity index (χ0n) is 10.7. The molecule has 6 nitrogen and oxygen atoms in total. The summed E-state index contributed by atoms with van der Waals surface area (Å²) < 4.78 is 30.8. The van der Waals surface area contributed by atoms with Crippen LogP contribution in [0.4, 0.5) is 25.0 Å². The Hall–Kier alpha value is -2.74. The van der Waals surface area contributed by atoms with Gasteiger partial charge in [-0.25, -0.2) is 13.6 Å². The summed E-state index contributed by atoms with van der Waals surface area (Å²) in [6.07, 6.45) is -1.06. The van der Waals surface area contributed by atoms with Crippen LogP contribution in [0.2, 0.25) is 5.02 Å². The lowest BCUT2D eigenvalue weighted by Crippen LogP contribution is -2.17. The average molecular weight is 329 g/mol. The SMILES string of the molecule is O=C(Nc1cc(F)c(F)cc1Cl)Oc1cccc([N+](=O)[O-])c1. The Morgan fingerprint density at radius 2 is 1.91 bits per heavy atom. The van der Waals surface area contributed by atoms with Gasteiger partial charge in [-0.1, -0.05) is 17.7 Å². The van der Waals surface area contributed by atoms with Crippen molar-refractivity contribution in [1.82, 2.24) is 0 Å². The minimum absolute atomic E-state index is 0.0922. The van der Waals surface area contributed by atoms with Gasteiger partial charge in [0.25, 0.3) is 5.69 Å². The highest BCUT2D eigenvalue weighted by Gasteiger charge is 2.14. The molecule has 0 aliphatic carbocycles. The fraction of sp³-hybridized carbons (Fsp3) is 0. The van der Waals surface area contributed by atoms with Gasteiger partial charge in [0, 0.05) is 12.1 Å². The van der Waals surface area contributed by atoms with Crippen molar-refractivity contribution in [2.24, 2.45) is 0 Å². The molecule has 0 unspecified atom stereocenters. The zero-order valence-corrected chi connectivity index (χ0v) is 11.4. The van der Waals surface area contributed by atoms with E-state index in [4.69, 9.17) is 16.3 Å². The lowest BCUT2D eigenvalue weighted by Gasteiger charge is -2.08. The summed E-state index contributed by atoms with van der Waals surface area (Å²) in [5, 5.41) is 12.5. The molecule has 2 rings (SSSR count). The van der Waals surface area contributed by atoms with Gasteiger partial charge in [0.05, 0.1) is 21.7 Å². The number of non-ortho nitro benzene ring substituents is 1. The number of rotatable bonds is 3. The number of ether oxygens (including phenoxy) is 1. The van der Waals surface area contributed by atoms with Crippen LogP contribution >= 0.6 is 11.6 Å². The van der Waals surface area contributed by atoms with Crippen molar-refractivity contribution in [1.29, 1.82) is 0 Å². The molecule has 0 aromatic heterocycles. The van der Waals surface area contributed by atoms with Gasteiger partial charge in [-0.2, -0.15) is 0 Å². The quantitative estimate of drug-likeness (QED) is 0.521. The summed E-state index contributed by atoms with van der Waals surface area (Å²) >= 11 is 5.65. The second kappa shape index (κ2) is 6.35. The normalized spacial score (nSPS) is 10.1. The first-order chi connectivity index (χ1) is 10.4. The Morgan fingerprint density at radius 3 is 2.59 bits per heavy atom. The van der Waals surface area contributed by atoms with Gasteiger partial charge >= 0.3 is 6.09 Å². The number of carbonyl (C=O) groups excluding carboxylic acids is 1. The molecule has 0 aliphatic rings. The fourth-order valence-electron chi connectivity index (χ4n) is 1.52. The first kappa shape index (κ1) is 15.6. The van der Waals surface area contributed by atoms with E-state index in [1.807, 2.05) is 0 Å². The van der Waals surface area contributed by atoms with Crippen LogP contribution in [0.15, 0.2) is 36.4 Å². The van der Waals surface area contributed by atoms with Crippen molar-refractivity contribution in [3.63, 3.8) is 0 Å². The summed E-state index contributed by atoms with van der Waals surface area (Å²) in [5.74, 6) is -2.46. The number of nitro benzene ring substituents is 1. The minimum Gasteiger partial charge on any atom is -0.410 e. The van der Waals surface area contributed by atoms with Crippen molar-refractivity contribution in [3.05, 3.63) is 63.2 Å². The number of nitrogens with zero attached hydrogens (tertiary/aromatic N) is 1. The molecule has 0 fully saturated rings. The van der Waals surface area contributed by atoms with Crippen molar-refractivity contribution in [2.45, 2.75) is 0 Å². The molecule has 1 N–H and O–H groups in total. The van der Waals surface area contributed by atoms with E-state index in [1.54, 1.807) is 0 Å². The van der Waals surface area contributed by atoms with Crippen LogP contribution in [0, 0.1) is 21.7 Å². The van der Waals surface area contributed by atoms with Crippen LogP contribution in [0.25, 0.3) is 0 Å². The van der Waals surface area contributed by atoms with Gasteiger partial charge in [0.2, 0.25) is 0 Å². The second-order valence-electron chi connectivity index (χ2n) is 4.02. The Morgan fingerprint density at radius 1 is 1.23 bits per heavy atom. The van der Waals surface area contributed by atoms with E-state index in [1.165, 1.54) is 18.2 Å². The molecule has 114 valence electrons. The summed E-state index contributed by atoms with van der Waals surface area (Å²) in [4.78, 5) is 21.6. The smallest absolute Gasteiger partial charge is 0.410 e. The Kier molecular flexibility index (Phi) is 4.52. The van der Waals surface area contributed by atoms with Crippen molar-refractivity contribution < 1.29 is 23.2 Å². The Bertz CT molecular complexity index is 755. The third-order valence-corrected chi connectivity index (χ3v) is 2.80. The largest absolute Gasteiger partial charge is 0.417 e. The summed E-state index contributed by atoms with van der Waals surface area (Å²) in [7, 11) is 0. The lowest BCUT2D eigenvalue weighted by molar-refractivity contribution is -0.384. The van der Waals surface area contributed by atoms with Crippen LogP contribution in [-0.2, 0) is 0 Å². The Labute approximate surface area is 127 Å². The number of amides is 1. The first-order valence-electron chi connectivity index (χ1n) is 5.74. The van der Waals surface area contributed by atoms with E-state index in [9.17, 15) is 23.7 Å². The minimum atomic E-state index is -1.20. The van der Waals surface area contributed by atoms with Crippen LogP contribution in [0.1, 0.15) is 0 Å². The molecule has 22 heavy (non-hydrogen) atoms. The number of benzene rings is 2. The predicted octanol–water partition coefficient (Wildman–Crippen LogP) is 4.14. The maximum absolute atomic E-state index is 13.1. The zero-order chi connectivity index (χ0) is 16.3. The highest BCUT2D eigenvalue weighted by Crippen LogP contribution is 2.25. The third-order valence-electron chi connectivity index (χ3n) is 2.49. The van der Waals surface area contributed by atoms with Crippen LogP contribution < -0.4 is 10.1 Å². The van der Waals surface area contributed by atoms with E-state index in [0.29, 0.717) is 12.1 Å². The number of hydrogen-bond donors (Lipinski definition) is 1. The molecule has 1 amide bonds. The van der Waals surface area contributed by atoms with Gasteiger partial charge in [-0.3, -0.25) is 15.4 Å². The number of anilines is 1. The second-order valence-corrected chi connectivity index (χ2v) is 4.42. The number of carbonyl (C=O) groups is 1. The molecule has 2 aromatic rings. The maximum atomic E-state index is 13.1. The van der Waals surface area contributed by atoms with Gasteiger partial charge in [0.15, 0.2) is 11.6 Å². The van der Waals surface area contributed by atoms with Crippen molar-refractivity contribution in [3.8, 4) is 5.75 Å². The fourth-order valence-corrected chi connectivity index (χ4v) is 1.72. The predicted molar refractivity (Wildman–Crippen MR) is 74.1 cm³/mol. The maximum Gasteiger partial charge on any atom is 0.417 e. The lowest BCUT2D eigenvalue weighted by atomic mass is 10.3. The van der Waals surface area contributed by atoms with Gasteiger partial charge in [-0.15, -0.1) is 0 Å².